The molecule has 0 saturated carbocycles. The van der Waals surface area contributed by atoms with E-state index < -0.39 is 40.6 Å². The van der Waals surface area contributed by atoms with Gasteiger partial charge in [0.1, 0.15) is 17.7 Å². The largest absolute Gasteiger partial charge is 0.416 e. The van der Waals surface area contributed by atoms with Crippen LogP contribution in [0, 0.1) is 11.6 Å². The molecule has 0 heterocycles. The van der Waals surface area contributed by atoms with Crippen molar-refractivity contribution in [2.45, 2.75) is 12.3 Å². The highest BCUT2D eigenvalue weighted by Crippen LogP contribution is 2.36. The zero-order chi connectivity index (χ0) is 14.9. The molecule has 0 amide bonds. The van der Waals surface area contributed by atoms with Crippen molar-refractivity contribution >= 4 is 0 Å². The summed E-state index contributed by atoms with van der Waals surface area (Å²) >= 11 is 0. The standard InChI is InChI=1S/C14H9F5O/c15-8-5-6-10(12(16)7-8)13(20)9-3-1-2-4-11(9)14(17,18)19/h1-7,13,20H. The molecule has 0 fully saturated rings. The molecule has 0 bridgehead atoms. The molecular weight excluding hydrogens is 279 g/mol. The zero-order valence-corrected chi connectivity index (χ0v) is 9.96. The molecule has 0 radical (unpaired) electrons. The molecule has 0 aromatic heterocycles. The van der Waals surface area contributed by atoms with Crippen LogP contribution in [0.15, 0.2) is 42.5 Å². The highest BCUT2D eigenvalue weighted by Gasteiger charge is 2.35. The van der Waals surface area contributed by atoms with Gasteiger partial charge in [0.05, 0.1) is 5.56 Å². The molecule has 1 N–H and O–H groups in total. The van der Waals surface area contributed by atoms with Gasteiger partial charge in [-0.2, -0.15) is 13.2 Å². The average Bonchev–Trinajstić information content (AvgIpc) is 2.37. The Morgan fingerprint density at radius 3 is 2.15 bits per heavy atom. The van der Waals surface area contributed by atoms with Crippen LogP contribution in [0.3, 0.4) is 0 Å². The minimum Gasteiger partial charge on any atom is -0.384 e. The fourth-order valence-electron chi connectivity index (χ4n) is 1.88. The van der Waals surface area contributed by atoms with Gasteiger partial charge < -0.3 is 5.11 Å². The van der Waals surface area contributed by atoms with Crippen LogP contribution in [-0.2, 0) is 6.18 Å². The van der Waals surface area contributed by atoms with Gasteiger partial charge in [-0.3, -0.25) is 0 Å². The van der Waals surface area contributed by atoms with Crippen molar-refractivity contribution in [3.05, 3.63) is 70.8 Å². The van der Waals surface area contributed by atoms with Crippen LogP contribution in [0.25, 0.3) is 0 Å². The SMILES string of the molecule is OC(c1ccc(F)cc1F)c1ccccc1C(F)(F)F. The Kier molecular flexibility index (Phi) is 3.76. The lowest BCUT2D eigenvalue weighted by Gasteiger charge is -2.18. The maximum Gasteiger partial charge on any atom is 0.416 e. The average molecular weight is 288 g/mol. The van der Waals surface area contributed by atoms with Crippen molar-refractivity contribution in [2.75, 3.05) is 0 Å². The summed E-state index contributed by atoms with van der Waals surface area (Å²) in [5.74, 6) is -1.97. The van der Waals surface area contributed by atoms with Crippen molar-refractivity contribution in [1.82, 2.24) is 0 Å². The summed E-state index contributed by atoms with van der Waals surface area (Å²) in [6.07, 6.45) is -6.50. The van der Waals surface area contributed by atoms with Crippen LogP contribution < -0.4 is 0 Å². The van der Waals surface area contributed by atoms with Crippen LogP contribution in [-0.4, -0.2) is 5.11 Å². The number of alkyl halides is 3. The number of rotatable bonds is 2. The summed E-state index contributed by atoms with van der Waals surface area (Å²) in [7, 11) is 0. The number of hydrogen-bond acceptors (Lipinski definition) is 1. The molecule has 0 spiro atoms. The van der Waals surface area contributed by atoms with Gasteiger partial charge in [0.15, 0.2) is 0 Å². The fourth-order valence-corrected chi connectivity index (χ4v) is 1.88. The van der Waals surface area contributed by atoms with Crippen molar-refractivity contribution in [1.29, 1.82) is 0 Å². The van der Waals surface area contributed by atoms with Crippen LogP contribution in [0.1, 0.15) is 22.8 Å². The number of benzene rings is 2. The Labute approximate surface area is 111 Å². The third-order valence-electron chi connectivity index (χ3n) is 2.82. The van der Waals surface area contributed by atoms with Gasteiger partial charge in [-0.1, -0.05) is 24.3 Å². The second kappa shape index (κ2) is 5.20. The van der Waals surface area contributed by atoms with E-state index in [4.69, 9.17) is 0 Å². The number of hydrogen-bond donors (Lipinski definition) is 1. The Hall–Kier alpha value is -1.95. The monoisotopic (exact) mass is 288 g/mol. The lowest BCUT2D eigenvalue weighted by molar-refractivity contribution is -0.139. The summed E-state index contributed by atoms with van der Waals surface area (Å²) in [4.78, 5) is 0. The first kappa shape index (κ1) is 14.5. The smallest absolute Gasteiger partial charge is 0.384 e. The molecule has 1 nitrogen and oxygen atoms in total. The molecule has 106 valence electrons. The second-order valence-electron chi connectivity index (χ2n) is 4.15. The third-order valence-corrected chi connectivity index (χ3v) is 2.82. The van der Waals surface area contributed by atoms with Gasteiger partial charge in [-0.25, -0.2) is 8.78 Å². The van der Waals surface area contributed by atoms with Gasteiger partial charge >= 0.3 is 6.18 Å². The van der Waals surface area contributed by atoms with E-state index in [1.165, 1.54) is 12.1 Å². The van der Waals surface area contributed by atoms with Gasteiger partial charge in [0.25, 0.3) is 0 Å². The molecule has 2 rings (SSSR count). The van der Waals surface area contributed by atoms with E-state index in [0.29, 0.717) is 6.07 Å². The van der Waals surface area contributed by atoms with Crippen LogP contribution in [0.5, 0.6) is 0 Å². The Bertz CT molecular complexity index is 621. The minimum absolute atomic E-state index is 0.414. The second-order valence-corrected chi connectivity index (χ2v) is 4.15. The van der Waals surface area contributed by atoms with E-state index in [2.05, 4.69) is 0 Å². The lowest BCUT2D eigenvalue weighted by Crippen LogP contribution is -2.13. The van der Waals surface area contributed by atoms with E-state index in [1.807, 2.05) is 0 Å². The van der Waals surface area contributed by atoms with E-state index >= 15 is 0 Å². The molecular formula is C14H9F5O. The maximum atomic E-state index is 13.5. The van der Waals surface area contributed by atoms with Crippen LogP contribution in [0.2, 0.25) is 0 Å². The lowest BCUT2D eigenvalue weighted by atomic mass is 9.96. The van der Waals surface area contributed by atoms with Crippen LogP contribution >= 0.6 is 0 Å². The number of halogens is 5. The quantitative estimate of drug-likeness (QED) is 0.826. The number of aliphatic hydroxyl groups is 1. The van der Waals surface area contributed by atoms with Crippen LogP contribution in [0.4, 0.5) is 22.0 Å². The topological polar surface area (TPSA) is 20.2 Å². The summed E-state index contributed by atoms with van der Waals surface area (Å²) < 4.78 is 64.8. The molecule has 1 atom stereocenters. The molecule has 0 aliphatic rings. The van der Waals surface area contributed by atoms with Gasteiger partial charge in [-0.15, -0.1) is 0 Å². The number of aliphatic hydroxyl groups excluding tert-OH is 1. The first-order chi connectivity index (χ1) is 9.30. The normalized spacial score (nSPS) is 13.3. The first-order valence-electron chi connectivity index (χ1n) is 5.60. The predicted molar refractivity (Wildman–Crippen MR) is 61.9 cm³/mol. The molecule has 1 unspecified atom stereocenters. The van der Waals surface area contributed by atoms with Gasteiger partial charge in [0, 0.05) is 11.6 Å². The Morgan fingerprint density at radius 1 is 0.900 bits per heavy atom. The molecule has 2 aromatic carbocycles. The van der Waals surface area contributed by atoms with E-state index in [1.54, 1.807) is 0 Å². The highest BCUT2D eigenvalue weighted by molar-refractivity contribution is 5.38. The van der Waals surface area contributed by atoms with Crippen molar-refractivity contribution in [3.63, 3.8) is 0 Å². The van der Waals surface area contributed by atoms with E-state index in [9.17, 15) is 27.1 Å². The van der Waals surface area contributed by atoms with Crippen molar-refractivity contribution < 1.29 is 27.1 Å². The first-order valence-corrected chi connectivity index (χ1v) is 5.60. The Balaban J connectivity index is 2.51. The Morgan fingerprint density at radius 2 is 1.55 bits per heavy atom. The summed E-state index contributed by atoms with van der Waals surface area (Å²) in [5, 5.41) is 9.95. The molecule has 2 aromatic rings. The van der Waals surface area contributed by atoms with Crippen molar-refractivity contribution in [2.24, 2.45) is 0 Å². The molecule has 0 aliphatic heterocycles. The summed E-state index contributed by atoms with van der Waals surface area (Å²) in [6, 6.07) is 6.61. The predicted octanol–water partition coefficient (Wildman–Crippen LogP) is 4.07. The molecule has 6 heteroatoms. The summed E-state index contributed by atoms with van der Waals surface area (Å²) in [6.45, 7) is 0. The third kappa shape index (κ3) is 2.80. The zero-order valence-electron chi connectivity index (χ0n) is 9.96. The fraction of sp³-hybridized carbons (Fsp3) is 0.143. The van der Waals surface area contributed by atoms with E-state index in [-0.39, 0.29) is 0 Å². The molecule has 20 heavy (non-hydrogen) atoms. The van der Waals surface area contributed by atoms with Gasteiger partial charge in [0.2, 0.25) is 0 Å². The molecule has 0 aliphatic carbocycles. The van der Waals surface area contributed by atoms with E-state index in [0.717, 1.165) is 24.3 Å². The maximum absolute atomic E-state index is 13.5. The van der Waals surface area contributed by atoms with Gasteiger partial charge in [-0.05, 0) is 17.7 Å². The summed E-state index contributed by atoms with van der Waals surface area (Å²) in [5.41, 5.74) is -1.95. The van der Waals surface area contributed by atoms with Crippen molar-refractivity contribution in [3.8, 4) is 0 Å². The highest BCUT2D eigenvalue weighted by atomic mass is 19.4. The molecule has 0 saturated heterocycles. The minimum atomic E-state index is -4.67.